The summed E-state index contributed by atoms with van der Waals surface area (Å²) >= 11 is 2.76. The van der Waals surface area contributed by atoms with E-state index < -0.39 is 0 Å². The Kier molecular flexibility index (Phi) is 5.49. The summed E-state index contributed by atoms with van der Waals surface area (Å²) in [5, 5.41) is 1.14. The number of nitrogens with zero attached hydrogens (tertiary/aromatic N) is 3. The van der Waals surface area contributed by atoms with Gasteiger partial charge in [-0.3, -0.25) is 0 Å². The molecule has 0 fully saturated rings. The van der Waals surface area contributed by atoms with Crippen molar-refractivity contribution in [1.29, 1.82) is 0 Å². The average molecular weight is 431 g/mol. The van der Waals surface area contributed by atoms with E-state index in [1.54, 1.807) is 7.11 Å². The van der Waals surface area contributed by atoms with Crippen LogP contribution in [-0.2, 0) is 6.42 Å². The van der Waals surface area contributed by atoms with E-state index in [1.807, 2.05) is 24.4 Å². The molecule has 1 aliphatic rings. The third-order valence-corrected chi connectivity index (χ3v) is 5.90. The van der Waals surface area contributed by atoms with Crippen molar-refractivity contribution in [2.24, 2.45) is 4.99 Å². The van der Waals surface area contributed by atoms with E-state index in [-0.39, 0.29) is 4.83 Å². The van der Waals surface area contributed by atoms with E-state index in [0.717, 1.165) is 46.7 Å². The van der Waals surface area contributed by atoms with Crippen LogP contribution in [0.15, 0.2) is 71.9 Å². The van der Waals surface area contributed by atoms with Crippen LogP contribution in [0.2, 0.25) is 0 Å². The first kappa shape index (κ1) is 18.8. The molecule has 2 heterocycles. The molecular weight excluding hydrogens is 409 g/mol. The molecule has 0 aliphatic carbocycles. The number of fused-ring (bicyclic) bond motifs is 1. The average Bonchev–Trinajstić information content (AvgIpc) is 2.73. The van der Waals surface area contributed by atoms with Crippen molar-refractivity contribution < 1.29 is 4.74 Å². The molecule has 1 atom stereocenters. The molecule has 2 radical (unpaired) electrons. The van der Waals surface area contributed by atoms with Gasteiger partial charge in [0.2, 0.25) is 0 Å². The second-order valence-electron chi connectivity index (χ2n) is 6.83. The Labute approximate surface area is 174 Å². The third-order valence-electron chi connectivity index (χ3n) is 5.00. The molecule has 28 heavy (non-hydrogen) atoms. The first-order chi connectivity index (χ1) is 13.6. The first-order valence-electron chi connectivity index (χ1n) is 9.34. The number of hydrogen-bond acceptors (Lipinski definition) is 4. The van der Waals surface area contributed by atoms with Crippen molar-refractivity contribution >= 4 is 39.3 Å². The van der Waals surface area contributed by atoms with Gasteiger partial charge >= 0.3 is 174 Å². The van der Waals surface area contributed by atoms with Gasteiger partial charge in [0.15, 0.2) is 0 Å². The number of amidine groups is 1. The van der Waals surface area contributed by atoms with Gasteiger partial charge in [0.05, 0.1) is 0 Å². The molecule has 3 aromatic rings. The maximum absolute atomic E-state index is 5.33. The summed E-state index contributed by atoms with van der Waals surface area (Å²) in [5.74, 6) is 1.94. The fourth-order valence-corrected chi connectivity index (χ4v) is 4.35. The number of benzene rings is 2. The Bertz CT molecular complexity index is 1060. The zero-order chi connectivity index (χ0) is 19.5. The normalized spacial score (nSPS) is 16.7. The Morgan fingerprint density at radius 2 is 2.00 bits per heavy atom. The number of aromatic nitrogens is 1. The van der Waals surface area contributed by atoms with Crippen molar-refractivity contribution in [1.82, 2.24) is 9.88 Å². The summed E-state index contributed by atoms with van der Waals surface area (Å²) < 4.78 is 5.33. The van der Waals surface area contributed by atoms with Crippen LogP contribution >= 0.6 is 0 Å². The first-order valence-corrected chi connectivity index (χ1v) is 10.4. The fraction of sp³-hybridized carbons (Fsp3) is 0.217. The molecule has 140 valence electrons. The van der Waals surface area contributed by atoms with Gasteiger partial charge in [-0.25, -0.2) is 0 Å². The summed E-state index contributed by atoms with van der Waals surface area (Å²) in [6.07, 6.45) is 4.99. The van der Waals surface area contributed by atoms with Gasteiger partial charge in [-0.1, -0.05) is 0 Å². The number of rotatable bonds is 5. The Hall–Kier alpha value is -2.58. The molecule has 1 aliphatic heterocycles. The van der Waals surface area contributed by atoms with Crippen LogP contribution in [0.3, 0.4) is 0 Å². The van der Waals surface area contributed by atoms with E-state index in [0.29, 0.717) is 0 Å². The molecule has 0 amide bonds. The predicted molar refractivity (Wildman–Crippen MR) is 116 cm³/mol. The van der Waals surface area contributed by atoms with Crippen molar-refractivity contribution in [2.75, 3.05) is 13.7 Å². The topological polar surface area (TPSA) is 37.7 Å². The predicted octanol–water partition coefficient (Wildman–Crippen LogP) is 4.06. The van der Waals surface area contributed by atoms with E-state index in [1.165, 1.54) is 5.56 Å². The number of aliphatic imine (C=N–C) groups is 1. The molecule has 4 nitrogen and oxygen atoms in total. The number of hydrogen-bond donors (Lipinski definition) is 0. The fourth-order valence-electron chi connectivity index (χ4n) is 3.47. The van der Waals surface area contributed by atoms with Gasteiger partial charge in [0.25, 0.3) is 0 Å². The van der Waals surface area contributed by atoms with Gasteiger partial charge in [0.1, 0.15) is 0 Å². The van der Waals surface area contributed by atoms with E-state index in [9.17, 15) is 0 Å². The van der Waals surface area contributed by atoms with Crippen LogP contribution in [0, 0.1) is 0 Å². The molecule has 4 rings (SSSR count). The third kappa shape index (κ3) is 3.97. The minimum atomic E-state index is 0.232. The van der Waals surface area contributed by atoms with Gasteiger partial charge < -0.3 is 0 Å². The molecule has 0 saturated heterocycles. The van der Waals surface area contributed by atoms with Crippen LogP contribution in [0.25, 0.3) is 16.6 Å². The summed E-state index contributed by atoms with van der Waals surface area (Å²) in [4.78, 5) is 11.8. The quantitative estimate of drug-likeness (QED) is 0.572. The maximum atomic E-state index is 5.33. The molecule has 0 unspecified atom stereocenters. The van der Waals surface area contributed by atoms with Crippen LogP contribution in [-0.4, -0.2) is 51.1 Å². The minimum absolute atomic E-state index is 0.232. The second kappa shape index (κ2) is 8.20. The summed E-state index contributed by atoms with van der Waals surface area (Å²) in [7, 11) is 1.70. The van der Waals surface area contributed by atoms with Crippen LogP contribution < -0.4 is 4.74 Å². The monoisotopic (exact) mass is 431 g/mol. The molecule has 0 bridgehead atoms. The van der Waals surface area contributed by atoms with E-state index in [2.05, 4.69) is 76.1 Å². The molecule has 0 N–H and O–H groups in total. The van der Waals surface area contributed by atoms with Crippen molar-refractivity contribution in [3.05, 3.63) is 78.0 Å². The van der Waals surface area contributed by atoms with E-state index >= 15 is 0 Å². The van der Waals surface area contributed by atoms with Crippen LogP contribution in [0.1, 0.15) is 18.1 Å². The molecular formula is C23H22AsN3O. The van der Waals surface area contributed by atoms with Crippen molar-refractivity contribution in [2.45, 2.75) is 18.2 Å². The Morgan fingerprint density at radius 1 is 1.11 bits per heavy atom. The van der Waals surface area contributed by atoms with Crippen molar-refractivity contribution in [3.8, 4) is 5.75 Å². The number of methoxy groups -OCH3 is 1. The van der Waals surface area contributed by atoms with Crippen molar-refractivity contribution in [3.63, 3.8) is 0 Å². The second-order valence-corrected chi connectivity index (χ2v) is 7.94. The van der Waals surface area contributed by atoms with Gasteiger partial charge in [-0.05, 0) is 0 Å². The molecule has 1 aromatic heterocycles. The van der Waals surface area contributed by atoms with Gasteiger partial charge in [-0.15, -0.1) is 0 Å². The van der Waals surface area contributed by atoms with E-state index in [4.69, 9.17) is 9.73 Å². The van der Waals surface area contributed by atoms with Gasteiger partial charge in [-0.2, -0.15) is 0 Å². The molecule has 0 saturated carbocycles. The summed E-state index contributed by atoms with van der Waals surface area (Å²) in [6.45, 7) is 2.99. The zero-order valence-corrected chi connectivity index (χ0v) is 17.9. The zero-order valence-electron chi connectivity index (χ0n) is 16.0. The molecule has 2 aromatic carbocycles. The summed E-state index contributed by atoms with van der Waals surface area (Å²) in [5.41, 5.74) is 4.42. The van der Waals surface area contributed by atoms with Gasteiger partial charge in [0, 0.05) is 0 Å². The number of pyridine rings is 1. The van der Waals surface area contributed by atoms with Crippen LogP contribution in [0.4, 0.5) is 0 Å². The SMILES string of the molecule is COc1cccc(CCN2C(C)=NC(c3ccc4ncccc4c3)=C[C@@H]2[As])c1. The Balaban J connectivity index is 1.51. The number of ether oxygens (including phenoxy) is 1. The summed E-state index contributed by atoms with van der Waals surface area (Å²) in [6, 6.07) is 18.6. The molecule has 5 heteroatoms. The standard InChI is InChI=1S/C23H22AsN3O/c1-16-26-22(19-8-9-21-18(14-19)6-4-11-25-21)15-23(24)27(16)12-10-17-5-3-7-20(13-17)28-2/h3-9,11,13-15,23H,10,12H2,1-2H3/t23-/m1/s1. The molecule has 0 spiro atoms. The Morgan fingerprint density at radius 3 is 2.82 bits per heavy atom. The van der Waals surface area contributed by atoms with Crippen LogP contribution in [0.5, 0.6) is 5.75 Å².